The molecule has 0 saturated heterocycles. The Kier molecular flexibility index (Phi) is 36.2. The second-order valence-corrected chi connectivity index (χ2v) is 16.0. The molecular formula is C46H90N2O5. The lowest BCUT2D eigenvalue weighted by molar-refractivity contribution is -0.152. The molecule has 0 aromatic heterocycles. The first kappa shape index (κ1) is 51.4. The van der Waals surface area contributed by atoms with Gasteiger partial charge in [-0.15, -0.1) is 0 Å². The molecule has 0 spiro atoms. The number of carbonyl (C=O) groups excluding carboxylic acids is 3. The average Bonchev–Trinajstić information content (AvgIpc) is 3.15. The standard InChI is InChI=1S/C46H90N2O5/c1-8-14-18-22-24-28-32-42(30-26-20-16-10-3)45(50)52-38-36-48(44(49)40-41(7)47(34-12-5)35-13-6)37-39-53-46(51)43(31-27-21-17-11-4)33-29-25-23-19-15-9-2/h41-43H,8-40H2,1-7H3. The summed E-state index contributed by atoms with van der Waals surface area (Å²) in [5, 5.41) is 0. The summed E-state index contributed by atoms with van der Waals surface area (Å²) < 4.78 is 11.9. The van der Waals surface area contributed by atoms with Crippen LogP contribution in [0.2, 0.25) is 0 Å². The summed E-state index contributed by atoms with van der Waals surface area (Å²) in [5.41, 5.74) is 0. The first-order chi connectivity index (χ1) is 25.8. The van der Waals surface area contributed by atoms with Crippen LogP contribution < -0.4 is 0 Å². The molecule has 0 rings (SSSR count). The minimum absolute atomic E-state index is 0.0354. The number of amides is 1. The summed E-state index contributed by atoms with van der Waals surface area (Å²) in [4.78, 5) is 44.8. The zero-order chi connectivity index (χ0) is 39.4. The van der Waals surface area contributed by atoms with Crippen LogP contribution in [0.1, 0.15) is 222 Å². The van der Waals surface area contributed by atoms with E-state index in [0.29, 0.717) is 19.5 Å². The normalized spacial score (nSPS) is 13.2. The van der Waals surface area contributed by atoms with Gasteiger partial charge < -0.3 is 19.3 Å². The minimum Gasteiger partial charge on any atom is -0.464 e. The Labute approximate surface area is 329 Å². The van der Waals surface area contributed by atoms with E-state index in [1.807, 2.05) is 0 Å². The molecule has 3 atom stereocenters. The summed E-state index contributed by atoms with van der Waals surface area (Å²) in [7, 11) is 0. The van der Waals surface area contributed by atoms with E-state index in [9.17, 15) is 14.4 Å². The van der Waals surface area contributed by atoms with Gasteiger partial charge in [-0.1, -0.05) is 170 Å². The van der Waals surface area contributed by atoms with Crippen LogP contribution in [0.3, 0.4) is 0 Å². The van der Waals surface area contributed by atoms with Crippen LogP contribution in [0.15, 0.2) is 0 Å². The Hall–Kier alpha value is -1.63. The van der Waals surface area contributed by atoms with E-state index in [0.717, 1.165) is 90.1 Å². The van der Waals surface area contributed by atoms with Crippen molar-refractivity contribution in [3.8, 4) is 0 Å². The molecule has 0 aromatic carbocycles. The number of rotatable bonds is 39. The molecule has 3 unspecified atom stereocenters. The quantitative estimate of drug-likeness (QED) is 0.0460. The summed E-state index contributed by atoms with van der Waals surface area (Å²) in [5.74, 6) is -0.325. The lowest BCUT2D eigenvalue weighted by Gasteiger charge is -2.30. The Morgan fingerprint density at radius 1 is 0.434 bits per heavy atom. The zero-order valence-electron chi connectivity index (χ0n) is 36.5. The van der Waals surface area contributed by atoms with Crippen molar-refractivity contribution in [3.05, 3.63) is 0 Å². The zero-order valence-corrected chi connectivity index (χ0v) is 36.5. The van der Waals surface area contributed by atoms with E-state index >= 15 is 0 Å². The molecule has 0 N–H and O–H groups in total. The third-order valence-corrected chi connectivity index (χ3v) is 11.0. The molecule has 53 heavy (non-hydrogen) atoms. The second kappa shape index (κ2) is 37.3. The van der Waals surface area contributed by atoms with Crippen molar-refractivity contribution in [2.45, 2.75) is 228 Å². The predicted molar refractivity (Wildman–Crippen MR) is 225 cm³/mol. The second-order valence-electron chi connectivity index (χ2n) is 16.0. The van der Waals surface area contributed by atoms with Gasteiger partial charge in [0.15, 0.2) is 0 Å². The monoisotopic (exact) mass is 751 g/mol. The van der Waals surface area contributed by atoms with E-state index in [-0.39, 0.29) is 48.9 Å². The van der Waals surface area contributed by atoms with Gasteiger partial charge in [-0.2, -0.15) is 0 Å². The Balaban J connectivity index is 5.50. The highest BCUT2D eigenvalue weighted by molar-refractivity contribution is 5.77. The van der Waals surface area contributed by atoms with Crippen LogP contribution >= 0.6 is 0 Å². The molecule has 0 aliphatic rings. The van der Waals surface area contributed by atoms with Crippen LogP contribution in [0.4, 0.5) is 0 Å². The highest BCUT2D eigenvalue weighted by atomic mass is 16.5. The Morgan fingerprint density at radius 2 is 0.755 bits per heavy atom. The van der Waals surface area contributed by atoms with Gasteiger partial charge in [0.1, 0.15) is 13.2 Å². The molecule has 0 heterocycles. The maximum Gasteiger partial charge on any atom is 0.308 e. The highest BCUT2D eigenvalue weighted by Gasteiger charge is 2.24. The summed E-state index contributed by atoms with van der Waals surface area (Å²) in [6.45, 7) is 18.3. The molecular weight excluding hydrogens is 661 g/mol. The summed E-state index contributed by atoms with van der Waals surface area (Å²) in [6, 6.07) is 0.115. The fraction of sp³-hybridized carbons (Fsp3) is 0.935. The van der Waals surface area contributed by atoms with Crippen molar-refractivity contribution in [3.63, 3.8) is 0 Å². The molecule has 0 saturated carbocycles. The maximum atomic E-state index is 13.8. The van der Waals surface area contributed by atoms with Crippen LogP contribution in [-0.2, 0) is 23.9 Å². The average molecular weight is 751 g/mol. The number of ether oxygens (including phenoxy) is 2. The van der Waals surface area contributed by atoms with Gasteiger partial charge in [0.2, 0.25) is 5.91 Å². The van der Waals surface area contributed by atoms with Crippen molar-refractivity contribution in [2.75, 3.05) is 39.4 Å². The minimum atomic E-state index is -0.111. The lowest BCUT2D eigenvalue weighted by Crippen LogP contribution is -2.43. The third kappa shape index (κ3) is 28.4. The molecule has 0 aliphatic carbocycles. The van der Waals surface area contributed by atoms with Gasteiger partial charge in [-0.05, 0) is 58.5 Å². The summed E-state index contributed by atoms with van der Waals surface area (Å²) in [6.07, 6.45) is 29.7. The predicted octanol–water partition coefficient (Wildman–Crippen LogP) is 12.5. The first-order valence-corrected chi connectivity index (χ1v) is 23.1. The van der Waals surface area contributed by atoms with Gasteiger partial charge in [-0.25, -0.2) is 0 Å². The van der Waals surface area contributed by atoms with E-state index in [1.165, 1.54) is 89.9 Å². The number of hydrogen-bond donors (Lipinski definition) is 0. The van der Waals surface area contributed by atoms with Crippen molar-refractivity contribution >= 4 is 17.8 Å². The van der Waals surface area contributed by atoms with Gasteiger partial charge in [0, 0.05) is 12.5 Å². The fourth-order valence-electron chi connectivity index (χ4n) is 7.48. The van der Waals surface area contributed by atoms with E-state index in [4.69, 9.17) is 9.47 Å². The van der Waals surface area contributed by atoms with Crippen molar-refractivity contribution in [1.82, 2.24) is 9.80 Å². The fourth-order valence-corrected chi connectivity index (χ4v) is 7.48. The van der Waals surface area contributed by atoms with Crippen LogP contribution in [0, 0.1) is 11.8 Å². The lowest BCUT2D eigenvalue weighted by atomic mass is 9.94. The van der Waals surface area contributed by atoms with Crippen LogP contribution in [0.5, 0.6) is 0 Å². The molecule has 0 aromatic rings. The molecule has 7 heteroatoms. The molecule has 314 valence electrons. The first-order valence-electron chi connectivity index (χ1n) is 23.1. The maximum absolute atomic E-state index is 13.8. The summed E-state index contributed by atoms with van der Waals surface area (Å²) >= 11 is 0. The number of carbonyl (C=O) groups is 3. The molecule has 7 nitrogen and oxygen atoms in total. The molecule has 0 aliphatic heterocycles. The molecule has 0 bridgehead atoms. The molecule has 0 radical (unpaired) electrons. The largest absolute Gasteiger partial charge is 0.464 e. The Bertz CT molecular complexity index is 796. The number of esters is 2. The van der Waals surface area contributed by atoms with E-state index < -0.39 is 0 Å². The molecule has 1 amide bonds. The van der Waals surface area contributed by atoms with E-state index in [1.54, 1.807) is 4.90 Å². The van der Waals surface area contributed by atoms with Crippen molar-refractivity contribution in [2.24, 2.45) is 11.8 Å². The number of hydrogen-bond acceptors (Lipinski definition) is 6. The topological polar surface area (TPSA) is 76.1 Å². The van der Waals surface area contributed by atoms with Crippen molar-refractivity contribution < 1.29 is 23.9 Å². The van der Waals surface area contributed by atoms with Gasteiger partial charge in [-0.3, -0.25) is 14.4 Å². The van der Waals surface area contributed by atoms with Crippen molar-refractivity contribution in [1.29, 1.82) is 0 Å². The number of nitrogens with zero attached hydrogens (tertiary/aromatic N) is 2. The van der Waals surface area contributed by atoms with Crippen LogP contribution in [-0.4, -0.2) is 73.1 Å². The van der Waals surface area contributed by atoms with E-state index in [2.05, 4.69) is 53.4 Å². The van der Waals surface area contributed by atoms with Gasteiger partial charge in [0.25, 0.3) is 0 Å². The Morgan fingerprint density at radius 3 is 1.09 bits per heavy atom. The molecule has 0 fully saturated rings. The van der Waals surface area contributed by atoms with Crippen LogP contribution in [0.25, 0.3) is 0 Å². The number of unbranched alkanes of at least 4 members (excludes halogenated alkanes) is 16. The van der Waals surface area contributed by atoms with Gasteiger partial charge >= 0.3 is 11.9 Å². The third-order valence-electron chi connectivity index (χ3n) is 11.0. The SMILES string of the molecule is CCCCCCCCC(CCCCCC)C(=O)OCCN(CCOC(=O)C(CCCCCC)CCCCCCCC)C(=O)CC(C)N(CCC)CCC. The smallest absolute Gasteiger partial charge is 0.308 e. The van der Waals surface area contributed by atoms with Gasteiger partial charge in [0.05, 0.1) is 24.9 Å². The highest BCUT2D eigenvalue weighted by Crippen LogP contribution is 2.22.